The highest BCUT2D eigenvalue weighted by molar-refractivity contribution is 7.15. The average molecular weight is 239 g/mol. The topological polar surface area (TPSA) is 39.6 Å². The van der Waals surface area contributed by atoms with Gasteiger partial charge in [0, 0.05) is 31.9 Å². The van der Waals surface area contributed by atoms with Crippen molar-refractivity contribution in [2.24, 2.45) is 0 Å². The summed E-state index contributed by atoms with van der Waals surface area (Å²) in [5.41, 5.74) is 0. The van der Waals surface area contributed by atoms with Gasteiger partial charge in [-0.15, -0.1) is 0 Å². The Balaban J connectivity index is 1.71. The second-order valence-corrected chi connectivity index (χ2v) is 5.64. The van der Waals surface area contributed by atoms with Crippen molar-refractivity contribution in [3.8, 4) is 0 Å². The van der Waals surface area contributed by atoms with Crippen LogP contribution >= 0.6 is 11.3 Å². The molecule has 1 aromatic rings. The Morgan fingerprint density at radius 2 is 2.38 bits per heavy atom. The van der Waals surface area contributed by atoms with E-state index in [2.05, 4.69) is 14.8 Å². The number of rotatable bonds is 2. The fraction of sp³-hybridized carbons (Fsp3) is 0.727. The van der Waals surface area contributed by atoms with E-state index < -0.39 is 0 Å². The lowest BCUT2D eigenvalue weighted by Gasteiger charge is -2.37. The predicted molar refractivity (Wildman–Crippen MR) is 64.8 cm³/mol. The van der Waals surface area contributed by atoms with Crippen LogP contribution in [0.3, 0.4) is 0 Å². The van der Waals surface area contributed by atoms with Crippen LogP contribution in [0.2, 0.25) is 0 Å². The molecule has 1 aromatic heterocycles. The molecule has 0 amide bonds. The van der Waals surface area contributed by atoms with Gasteiger partial charge in [0.05, 0.1) is 11.5 Å². The van der Waals surface area contributed by atoms with E-state index >= 15 is 0 Å². The number of aromatic nitrogens is 1. The van der Waals surface area contributed by atoms with Gasteiger partial charge in [-0.25, -0.2) is 4.98 Å². The first-order valence-electron chi connectivity index (χ1n) is 5.91. The van der Waals surface area contributed by atoms with Gasteiger partial charge in [-0.3, -0.25) is 4.90 Å². The first-order chi connectivity index (χ1) is 7.86. The Bertz CT molecular complexity index is 368. The number of piperazine rings is 1. The maximum Gasteiger partial charge on any atom is 0.185 e. The molecule has 3 rings (SSSR count). The molecule has 2 aliphatic rings. The van der Waals surface area contributed by atoms with E-state index in [9.17, 15) is 0 Å². The van der Waals surface area contributed by atoms with Crippen LogP contribution in [-0.4, -0.2) is 47.2 Å². The minimum atomic E-state index is 0.112. The van der Waals surface area contributed by atoms with Gasteiger partial charge in [0.25, 0.3) is 0 Å². The number of hydrogen-bond donors (Lipinski definition) is 1. The first kappa shape index (κ1) is 10.5. The molecular weight excluding hydrogens is 222 g/mol. The third kappa shape index (κ3) is 1.83. The van der Waals surface area contributed by atoms with Crippen LogP contribution in [0.1, 0.15) is 17.7 Å². The van der Waals surface area contributed by atoms with Crippen molar-refractivity contribution in [2.45, 2.75) is 25.5 Å². The summed E-state index contributed by atoms with van der Waals surface area (Å²) in [6.07, 6.45) is 4.47. The molecule has 1 unspecified atom stereocenters. The van der Waals surface area contributed by atoms with Crippen molar-refractivity contribution in [3.63, 3.8) is 0 Å². The maximum atomic E-state index is 9.04. The zero-order valence-corrected chi connectivity index (χ0v) is 10.1. The normalized spacial score (nSPS) is 26.1. The van der Waals surface area contributed by atoms with E-state index in [1.54, 1.807) is 17.5 Å². The van der Waals surface area contributed by atoms with Crippen molar-refractivity contribution >= 4 is 16.5 Å². The van der Waals surface area contributed by atoms with E-state index in [4.69, 9.17) is 5.11 Å². The van der Waals surface area contributed by atoms with Gasteiger partial charge in [-0.05, 0) is 19.4 Å². The Hall–Kier alpha value is -0.650. The lowest BCUT2D eigenvalue weighted by Crippen LogP contribution is -2.50. The third-order valence-corrected chi connectivity index (χ3v) is 4.60. The molecule has 4 nitrogen and oxygen atoms in total. The van der Waals surface area contributed by atoms with Crippen LogP contribution in [0.25, 0.3) is 0 Å². The molecule has 1 N–H and O–H groups in total. The highest BCUT2D eigenvalue weighted by Gasteiger charge is 2.31. The molecule has 88 valence electrons. The quantitative estimate of drug-likeness (QED) is 0.833. The number of aliphatic hydroxyl groups is 1. The zero-order valence-electron chi connectivity index (χ0n) is 9.30. The van der Waals surface area contributed by atoms with Crippen LogP contribution in [0.4, 0.5) is 5.13 Å². The standard InChI is InChI=1S/C11H17N3OS/c15-8-10-6-12-11(16-10)14-5-4-13-3-1-2-9(13)7-14/h6,9,15H,1-5,7-8H2. The number of anilines is 1. The summed E-state index contributed by atoms with van der Waals surface area (Å²) in [6, 6.07) is 0.732. The summed E-state index contributed by atoms with van der Waals surface area (Å²) in [6.45, 7) is 4.74. The largest absolute Gasteiger partial charge is 0.391 e. The zero-order chi connectivity index (χ0) is 11.0. The second kappa shape index (κ2) is 4.31. The molecule has 16 heavy (non-hydrogen) atoms. The smallest absolute Gasteiger partial charge is 0.185 e. The SMILES string of the molecule is OCc1cnc(N2CCN3CCCC3C2)s1. The van der Waals surface area contributed by atoms with E-state index in [1.807, 2.05) is 0 Å². The predicted octanol–water partition coefficient (Wildman–Crippen LogP) is 0.920. The van der Waals surface area contributed by atoms with Crippen LogP contribution < -0.4 is 4.90 Å². The van der Waals surface area contributed by atoms with Crippen molar-refractivity contribution < 1.29 is 5.11 Å². The summed E-state index contributed by atoms with van der Waals surface area (Å²) in [7, 11) is 0. The summed E-state index contributed by atoms with van der Waals surface area (Å²) in [5, 5.41) is 10.1. The minimum absolute atomic E-state index is 0.112. The molecule has 2 aliphatic heterocycles. The lowest BCUT2D eigenvalue weighted by atomic mass is 10.2. The Labute approximate surface area is 99.5 Å². The maximum absolute atomic E-state index is 9.04. The molecular formula is C11H17N3OS. The van der Waals surface area contributed by atoms with Gasteiger partial charge >= 0.3 is 0 Å². The van der Waals surface area contributed by atoms with Crippen molar-refractivity contribution in [1.82, 2.24) is 9.88 Å². The van der Waals surface area contributed by atoms with E-state index in [0.717, 1.165) is 29.1 Å². The van der Waals surface area contributed by atoms with Crippen LogP contribution in [0.15, 0.2) is 6.20 Å². The van der Waals surface area contributed by atoms with Crippen molar-refractivity contribution in [1.29, 1.82) is 0 Å². The number of thiazole rings is 1. The molecule has 0 aliphatic carbocycles. The Kier molecular flexibility index (Phi) is 2.83. The third-order valence-electron chi connectivity index (χ3n) is 3.56. The van der Waals surface area contributed by atoms with Crippen LogP contribution in [0.5, 0.6) is 0 Å². The highest BCUT2D eigenvalue weighted by Crippen LogP contribution is 2.28. The molecule has 3 heterocycles. The molecule has 0 spiro atoms. The summed E-state index contributed by atoms with van der Waals surface area (Å²) in [5.74, 6) is 0. The van der Waals surface area contributed by atoms with Gasteiger partial charge in [0.2, 0.25) is 0 Å². The van der Waals surface area contributed by atoms with E-state index in [1.165, 1.54) is 25.9 Å². The molecule has 0 radical (unpaired) electrons. The van der Waals surface area contributed by atoms with Gasteiger partial charge in [0.1, 0.15) is 0 Å². The van der Waals surface area contributed by atoms with Crippen LogP contribution in [0, 0.1) is 0 Å². The molecule has 1 atom stereocenters. The fourth-order valence-corrected chi connectivity index (χ4v) is 3.49. The molecule has 0 bridgehead atoms. The number of hydrogen-bond acceptors (Lipinski definition) is 5. The van der Waals surface area contributed by atoms with Crippen molar-refractivity contribution in [3.05, 3.63) is 11.1 Å². The summed E-state index contributed by atoms with van der Waals surface area (Å²) in [4.78, 5) is 10.3. The van der Waals surface area contributed by atoms with E-state index in [-0.39, 0.29) is 6.61 Å². The number of nitrogens with zero attached hydrogens (tertiary/aromatic N) is 3. The van der Waals surface area contributed by atoms with Crippen molar-refractivity contribution in [2.75, 3.05) is 31.1 Å². The first-order valence-corrected chi connectivity index (χ1v) is 6.73. The molecule has 0 saturated carbocycles. The highest BCUT2D eigenvalue weighted by atomic mass is 32.1. The number of fused-ring (bicyclic) bond motifs is 1. The van der Waals surface area contributed by atoms with Gasteiger partial charge in [-0.2, -0.15) is 0 Å². The Morgan fingerprint density at radius 1 is 1.44 bits per heavy atom. The van der Waals surface area contributed by atoms with E-state index in [0.29, 0.717) is 0 Å². The molecule has 2 fully saturated rings. The monoisotopic (exact) mass is 239 g/mol. The fourth-order valence-electron chi connectivity index (χ4n) is 2.68. The molecule has 0 aromatic carbocycles. The van der Waals surface area contributed by atoms with Gasteiger partial charge in [0.15, 0.2) is 5.13 Å². The minimum Gasteiger partial charge on any atom is -0.391 e. The van der Waals surface area contributed by atoms with Gasteiger partial charge in [-0.1, -0.05) is 11.3 Å². The summed E-state index contributed by atoms with van der Waals surface area (Å²) < 4.78 is 0. The molecule has 2 saturated heterocycles. The van der Waals surface area contributed by atoms with Gasteiger partial charge < -0.3 is 10.0 Å². The Morgan fingerprint density at radius 3 is 3.19 bits per heavy atom. The number of aliphatic hydroxyl groups excluding tert-OH is 1. The van der Waals surface area contributed by atoms with Crippen LogP contribution in [-0.2, 0) is 6.61 Å². The summed E-state index contributed by atoms with van der Waals surface area (Å²) >= 11 is 1.62. The molecule has 5 heteroatoms. The average Bonchev–Trinajstić information content (AvgIpc) is 2.96. The second-order valence-electron chi connectivity index (χ2n) is 4.55. The lowest BCUT2D eigenvalue weighted by molar-refractivity contribution is 0.231.